The van der Waals surface area contributed by atoms with Crippen LogP contribution < -0.4 is 19.7 Å². The van der Waals surface area contributed by atoms with Gasteiger partial charge >= 0.3 is 6.01 Å². The minimum atomic E-state index is -1.43. The standard InChI is InChI=1S/C37H40F2N9O3S/c1-4-27-30(38)13-10-21-6-5-7-28(31(21)27)33-32(39)34-29(15-40-33)36(48-16-23-11-12-24(17-48)43-23)45-37(44-34)51-19-25-14-26(18-46(25)2)52(50)42-20-41-35(47(3)49)22-8-9-22/h1,5-7,10,13,15,20,22-26,35,43H,8-9,11-12,14,16-19H2,2-3H3,(H,41,42)/q+1/t23?,24?,25-,26+,35?,52?/m0/s1. The van der Waals surface area contributed by atoms with Gasteiger partial charge in [-0.2, -0.15) is 9.97 Å². The maximum absolute atomic E-state index is 16.8. The number of pyridine rings is 1. The highest BCUT2D eigenvalue weighted by Gasteiger charge is 2.40. The predicted molar refractivity (Wildman–Crippen MR) is 196 cm³/mol. The van der Waals surface area contributed by atoms with E-state index in [1.54, 1.807) is 30.5 Å². The molecule has 3 saturated heterocycles. The molecule has 4 unspecified atom stereocenters. The highest BCUT2D eigenvalue weighted by molar-refractivity contribution is 7.84. The van der Waals surface area contributed by atoms with Crippen molar-refractivity contribution in [3.8, 4) is 29.6 Å². The van der Waals surface area contributed by atoms with Crippen molar-refractivity contribution in [1.29, 1.82) is 0 Å². The highest BCUT2D eigenvalue weighted by atomic mass is 32.2. The van der Waals surface area contributed by atoms with Crippen LogP contribution in [0.25, 0.3) is 32.9 Å². The summed E-state index contributed by atoms with van der Waals surface area (Å²) in [5, 5.41) is 4.94. The second kappa shape index (κ2) is 14.1. The third-order valence-electron chi connectivity index (χ3n) is 10.7. The van der Waals surface area contributed by atoms with E-state index in [0.29, 0.717) is 65.7 Å². The minimum Gasteiger partial charge on any atom is -0.462 e. The number of aromatic nitrogens is 3. The maximum atomic E-state index is 16.8. The second-order valence-electron chi connectivity index (χ2n) is 14.3. The van der Waals surface area contributed by atoms with Crippen molar-refractivity contribution in [2.45, 2.75) is 61.6 Å². The molecule has 6 atom stereocenters. The van der Waals surface area contributed by atoms with Crippen molar-refractivity contribution in [2.24, 2.45) is 10.9 Å². The highest BCUT2D eigenvalue weighted by Crippen LogP contribution is 2.38. The number of likely N-dealkylation sites (tertiary alicyclic amines) is 1. The Morgan fingerprint density at radius 1 is 1.17 bits per heavy atom. The number of benzene rings is 2. The Bertz CT molecular complexity index is 2150. The number of hydrogen-bond donors (Lipinski definition) is 2. The molecule has 0 spiro atoms. The number of hydrogen-bond acceptors (Lipinski definition) is 10. The lowest BCUT2D eigenvalue weighted by atomic mass is 9.96. The molecular formula is C37H40F2N9O3S+. The molecule has 5 heterocycles. The van der Waals surface area contributed by atoms with Gasteiger partial charge in [0.1, 0.15) is 46.8 Å². The van der Waals surface area contributed by atoms with Gasteiger partial charge in [-0.1, -0.05) is 30.2 Å². The molecule has 8 rings (SSSR count). The van der Waals surface area contributed by atoms with E-state index in [9.17, 15) is 13.5 Å². The zero-order valence-electron chi connectivity index (χ0n) is 29.0. The van der Waals surface area contributed by atoms with Crippen LogP contribution in [0.3, 0.4) is 0 Å². The molecule has 2 aromatic heterocycles. The fraction of sp³-hybridized carbons (Fsp3) is 0.459. The molecule has 1 aliphatic carbocycles. The number of piperazine rings is 1. The summed E-state index contributed by atoms with van der Waals surface area (Å²) in [5.74, 6) is 1.96. The summed E-state index contributed by atoms with van der Waals surface area (Å²) < 4.78 is 54.8. The van der Waals surface area contributed by atoms with Crippen molar-refractivity contribution in [3.63, 3.8) is 0 Å². The van der Waals surface area contributed by atoms with E-state index in [4.69, 9.17) is 16.1 Å². The van der Waals surface area contributed by atoms with Gasteiger partial charge in [0.25, 0.3) is 6.17 Å². The zero-order chi connectivity index (χ0) is 36.1. The van der Waals surface area contributed by atoms with Crippen LogP contribution in [0.2, 0.25) is 0 Å². The van der Waals surface area contributed by atoms with E-state index in [1.807, 2.05) is 7.05 Å². The zero-order valence-corrected chi connectivity index (χ0v) is 29.8. The molecule has 12 nitrogen and oxygen atoms in total. The second-order valence-corrected chi connectivity index (χ2v) is 15.8. The lowest BCUT2D eigenvalue weighted by Crippen LogP contribution is -2.51. The summed E-state index contributed by atoms with van der Waals surface area (Å²) in [6, 6.07) is 8.65. The normalized spacial score (nSPS) is 24.4. The Labute approximate surface area is 302 Å². The predicted octanol–water partition coefficient (Wildman–Crippen LogP) is 3.92. The Hall–Kier alpha value is -4.65. The van der Waals surface area contributed by atoms with Gasteiger partial charge in [-0.25, -0.2) is 18.0 Å². The quantitative estimate of drug-likeness (QED) is 0.102. The molecule has 2 aromatic carbocycles. The van der Waals surface area contributed by atoms with Crippen LogP contribution in [0.4, 0.5) is 14.6 Å². The first-order valence-electron chi connectivity index (χ1n) is 17.6. The third kappa shape index (κ3) is 6.59. The molecule has 270 valence electrons. The van der Waals surface area contributed by atoms with Crippen LogP contribution in [0.1, 0.15) is 37.7 Å². The van der Waals surface area contributed by atoms with Gasteiger partial charge in [-0.3, -0.25) is 14.6 Å². The van der Waals surface area contributed by atoms with Gasteiger partial charge in [0.15, 0.2) is 12.9 Å². The Morgan fingerprint density at radius 2 is 1.96 bits per heavy atom. The Morgan fingerprint density at radius 3 is 2.69 bits per heavy atom. The molecule has 4 aliphatic rings. The van der Waals surface area contributed by atoms with Crippen LogP contribution in [-0.4, -0.2) is 105 Å². The Kier molecular flexibility index (Phi) is 9.31. The fourth-order valence-corrected chi connectivity index (χ4v) is 9.01. The van der Waals surface area contributed by atoms with E-state index in [-0.39, 0.29) is 46.6 Å². The molecule has 4 fully saturated rings. The van der Waals surface area contributed by atoms with Crippen LogP contribution >= 0.6 is 0 Å². The largest absolute Gasteiger partial charge is 0.462 e. The number of nitrogens with zero attached hydrogens (tertiary/aromatic N) is 7. The van der Waals surface area contributed by atoms with E-state index in [0.717, 1.165) is 30.4 Å². The molecule has 15 heteroatoms. The first-order valence-corrected chi connectivity index (χ1v) is 18.9. The molecule has 3 aliphatic heterocycles. The van der Waals surface area contributed by atoms with Crippen LogP contribution in [0.15, 0.2) is 41.5 Å². The van der Waals surface area contributed by atoms with Crippen LogP contribution in [0.5, 0.6) is 6.01 Å². The topological polar surface area (TPSA) is 128 Å². The van der Waals surface area contributed by atoms with E-state index in [1.165, 1.54) is 19.5 Å². The summed E-state index contributed by atoms with van der Waals surface area (Å²) in [4.78, 5) is 34.4. The third-order valence-corrected chi connectivity index (χ3v) is 12.0. The lowest BCUT2D eigenvalue weighted by molar-refractivity contribution is -0.561. The number of ether oxygens (including phenoxy) is 1. The molecular weight excluding hydrogens is 689 g/mol. The number of terminal acetylenes is 1. The van der Waals surface area contributed by atoms with Gasteiger partial charge in [0, 0.05) is 70.5 Å². The summed E-state index contributed by atoms with van der Waals surface area (Å²) >= 11 is 0. The van der Waals surface area contributed by atoms with Crippen molar-refractivity contribution in [3.05, 3.63) is 58.6 Å². The summed E-state index contributed by atoms with van der Waals surface area (Å²) in [6.07, 6.45) is 12.8. The van der Waals surface area contributed by atoms with Gasteiger partial charge in [0.2, 0.25) is 0 Å². The first kappa shape index (κ1) is 34.4. The number of halogens is 2. The van der Waals surface area contributed by atoms with E-state index in [2.05, 4.69) is 40.7 Å². The average molecular weight is 729 g/mol. The molecule has 0 radical (unpaired) electrons. The number of rotatable bonds is 11. The maximum Gasteiger partial charge on any atom is 0.319 e. The average Bonchev–Trinajstić information content (AvgIpc) is 3.83. The number of fused-ring (bicyclic) bond motifs is 4. The lowest BCUT2D eigenvalue weighted by Gasteiger charge is -2.34. The number of anilines is 1. The van der Waals surface area contributed by atoms with Crippen molar-refractivity contribution >= 4 is 44.8 Å². The molecule has 2 N–H and O–H groups in total. The molecule has 2 bridgehead atoms. The van der Waals surface area contributed by atoms with E-state index >= 15 is 4.39 Å². The number of nitroso groups, excluding NO2 is 1. The van der Waals surface area contributed by atoms with Gasteiger partial charge in [0.05, 0.1) is 16.2 Å². The number of likely N-dealkylation sites (N-methyl/N-ethyl adjacent to an activating group) is 1. The van der Waals surface area contributed by atoms with Crippen molar-refractivity contribution in [2.75, 3.05) is 45.2 Å². The van der Waals surface area contributed by atoms with E-state index < -0.39 is 28.8 Å². The fourth-order valence-electron chi connectivity index (χ4n) is 7.89. The number of nitrogens with one attached hydrogen (secondary N) is 2. The molecule has 4 aromatic rings. The van der Waals surface area contributed by atoms with Crippen molar-refractivity contribution < 1.29 is 22.5 Å². The van der Waals surface area contributed by atoms with Gasteiger partial charge in [-0.15, -0.1) is 6.42 Å². The Balaban J connectivity index is 1.08. The summed E-state index contributed by atoms with van der Waals surface area (Å²) in [5.41, 5.74) is 0.444. The summed E-state index contributed by atoms with van der Waals surface area (Å²) in [6.45, 7) is 2.13. The van der Waals surface area contributed by atoms with Gasteiger partial charge < -0.3 is 15.0 Å². The molecule has 1 saturated carbocycles. The SMILES string of the molecule is C#Cc1c(F)ccc2cccc(-c3ncc4c(N5CC6CCC(C5)N6)nc(OC[C@@H]5C[C@@H](S(=O)N/C=N\C(C6CC6)[N+](C)=O)CN5C)nc4c3F)c12. The minimum absolute atomic E-state index is 0.00147. The van der Waals surface area contributed by atoms with Gasteiger partial charge in [-0.05, 0) is 50.6 Å². The smallest absolute Gasteiger partial charge is 0.319 e. The summed E-state index contributed by atoms with van der Waals surface area (Å²) in [7, 11) is 1.97. The van der Waals surface area contributed by atoms with Crippen molar-refractivity contribution in [1.82, 2.24) is 29.9 Å². The molecule has 52 heavy (non-hydrogen) atoms. The monoisotopic (exact) mass is 728 g/mol. The molecule has 0 amide bonds. The first-order chi connectivity index (χ1) is 25.2. The number of aliphatic imine (C=N–C) groups is 1. The van der Waals surface area contributed by atoms with Crippen LogP contribution in [0, 0.1) is 34.8 Å². The van der Waals surface area contributed by atoms with Crippen LogP contribution in [-0.2, 0) is 11.0 Å².